The third-order valence-corrected chi connectivity index (χ3v) is 8.06. The first kappa shape index (κ1) is 27.5. The number of nitrogens with one attached hydrogen (secondary N) is 1. The molecule has 0 radical (unpaired) electrons. The van der Waals surface area contributed by atoms with Gasteiger partial charge in [0.15, 0.2) is 0 Å². The Morgan fingerprint density at radius 1 is 0.778 bits per heavy atom. The summed E-state index contributed by atoms with van der Waals surface area (Å²) in [5.74, 6) is 1.56. The van der Waals surface area contributed by atoms with Crippen molar-refractivity contribution in [1.82, 2.24) is 14.5 Å². The number of hydrogen-bond donors (Lipinski definition) is 1. The van der Waals surface area contributed by atoms with Crippen LogP contribution >= 0.6 is 0 Å². The Kier molecular flexibility index (Phi) is 7.15. The molecule has 0 bridgehead atoms. The first-order chi connectivity index (χ1) is 22.1. The Morgan fingerprint density at radius 3 is 2.20 bits per heavy atom. The van der Waals surface area contributed by atoms with E-state index in [4.69, 9.17) is 9.72 Å². The summed E-state index contributed by atoms with van der Waals surface area (Å²) in [6.07, 6.45) is 2.16. The van der Waals surface area contributed by atoms with E-state index in [9.17, 15) is 10.5 Å². The van der Waals surface area contributed by atoms with Crippen molar-refractivity contribution in [2.45, 2.75) is 6.54 Å². The lowest BCUT2D eigenvalue weighted by Crippen LogP contribution is -1.97. The first-order valence-corrected chi connectivity index (χ1v) is 14.6. The summed E-state index contributed by atoms with van der Waals surface area (Å²) in [5.41, 5.74) is 9.36. The molecule has 0 saturated carbocycles. The van der Waals surface area contributed by atoms with E-state index in [2.05, 4.69) is 82.5 Å². The summed E-state index contributed by atoms with van der Waals surface area (Å²) in [7, 11) is 1.67. The Labute approximate surface area is 260 Å². The van der Waals surface area contributed by atoms with Crippen LogP contribution in [-0.2, 0) is 6.54 Å². The zero-order valence-electron chi connectivity index (χ0n) is 24.5. The summed E-state index contributed by atoms with van der Waals surface area (Å²) in [6.45, 7) is 0.722. The predicted octanol–water partition coefficient (Wildman–Crippen LogP) is 8.76. The zero-order chi connectivity index (χ0) is 30.8. The fourth-order valence-corrected chi connectivity index (χ4v) is 5.85. The highest BCUT2D eigenvalue weighted by Crippen LogP contribution is 2.36. The number of hydrogen-bond acceptors (Lipinski definition) is 4. The molecule has 6 nitrogen and oxygen atoms in total. The highest BCUT2D eigenvalue weighted by atomic mass is 16.5. The molecule has 6 heteroatoms. The van der Waals surface area contributed by atoms with Crippen molar-refractivity contribution < 1.29 is 4.74 Å². The lowest BCUT2D eigenvalue weighted by Gasteiger charge is -2.08. The van der Waals surface area contributed by atoms with Gasteiger partial charge in [0.2, 0.25) is 0 Å². The van der Waals surface area contributed by atoms with Crippen molar-refractivity contribution in [1.29, 1.82) is 10.5 Å². The average molecular weight is 582 g/mol. The topological polar surface area (TPSA) is 90.4 Å². The maximum atomic E-state index is 9.77. The number of methoxy groups -OCH3 is 1. The number of rotatable bonds is 7. The van der Waals surface area contributed by atoms with Gasteiger partial charge >= 0.3 is 0 Å². The molecular formula is C39H27N5O. The largest absolute Gasteiger partial charge is 0.497 e. The van der Waals surface area contributed by atoms with Crippen molar-refractivity contribution in [3.63, 3.8) is 0 Å². The van der Waals surface area contributed by atoms with Gasteiger partial charge in [-0.05, 0) is 64.2 Å². The molecule has 0 atom stereocenters. The molecular weight excluding hydrogens is 554 g/mol. The van der Waals surface area contributed by atoms with E-state index in [-0.39, 0.29) is 5.57 Å². The van der Waals surface area contributed by atoms with Crippen LogP contribution in [-0.4, -0.2) is 21.6 Å². The molecule has 214 valence electrons. The molecule has 1 N–H and O–H groups in total. The molecule has 5 aromatic carbocycles. The summed E-state index contributed by atoms with van der Waals surface area (Å²) in [6, 6.07) is 44.6. The number of allylic oxidation sites excluding steroid dienone is 1. The maximum Gasteiger partial charge on any atom is 0.140 e. The van der Waals surface area contributed by atoms with Gasteiger partial charge in [0.25, 0.3) is 0 Å². The van der Waals surface area contributed by atoms with Crippen LogP contribution in [0.15, 0.2) is 133 Å². The number of benzene rings is 5. The van der Waals surface area contributed by atoms with Crippen molar-refractivity contribution >= 4 is 27.5 Å². The van der Waals surface area contributed by atoms with Crippen LogP contribution in [0.5, 0.6) is 5.75 Å². The van der Waals surface area contributed by atoms with Crippen molar-refractivity contribution in [2.24, 2.45) is 0 Å². The molecule has 7 aromatic rings. The number of aromatic amines is 1. The molecule has 2 aromatic heterocycles. The molecule has 2 heterocycles. The van der Waals surface area contributed by atoms with E-state index in [1.54, 1.807) is 7.11 Å². The monoisotopic (exact) mass is 581 g/mol. The molecule has 45 heavy (non-hydrogen) atoms. The lowest BCUT2D eigenvalue weighted by molar-refractivity contribution is 0.415. The number of fused-ring (bicyclic) bond motifs is 2. The SMILES string of the molecule is COc1ccc(-c2ccc3c(c2)c(-c2nc4ccc(C(=C(C#N)C#N)c5ccccc5)cc4[nH]2)cn3Cc2ccccc2)cc1. The Balaban J connectivity index is 1.37. The minimum absolute atomic E-state index is 0.0651. The Hall–Kier alpha value is -6.37. The number of nitrogens with zero attached hydrogens (tertiary/aromatic N) is 4. The van der Waals surface area contributed by atoms with Crippen LogP contribution in [0.3, 0.4) is 0 Å². The molecule has 0 aliphatic heterocycles. The highest BCUT2D eigenvalue weighted by molar-refractivity contribution is 5.99. The second-order valence-corrected chi connectivity index (χ2v) is 10.8. The van der Waals surface area contributed by atoms with Crippen LogP contribution in [0.25, 0.3) is 50.0 Å². The smallest absolute Gasteiger partial charge is 0.140 e. The van der Waals surface area contributed by atoms with Crippen LogP contribution in [0, 0.1) is 22.7 Å². The van der Waals surface area contributed by atoms with Gasteiger partial charge < -0.3 is 14.3 Å². The van der Waals surface area contributed by atoms with Gasteiger partial charge in [-0.2, -0.15) is 10.5 Å². The molecule has 0 spiro atoms. The van der Waals surface area contributed by atoms with Crippen LogP contribution in [0.1, 0.15) is 16.7 Å². The summed E-state index contributed by atoms with van der Waals surface area (Å²) in [4.78, 5) is 8.55. The number of imidazole rings is 1. The van der Waals surface area contributed by atoms with E-state index in [0.29, 0.717) is 5.57 Å². The maximum absolute atomic E-state index is 9.77. The lowest BCUT2D eigenvalue weighted by atomic mass is 9.93. The van der Waals surface area contributed by atoms with E-state index >= 15 is 0 Å². The quantitative estimate of drug-likeness (QED) is 0.191. The molecule has 0 fully saturated rings. The number of aromatic nitrogens is 3. The number of H-pyrrole nitrogens is 1. The van der Waals surface area contributed by atoms with Gasteiger partial charge in [0.05, 0.1) is 18.1 Å². The van der Waals surface area contributed by atoms with Crippen LogP contribution < -0.4 is 4.74 Å². The highest BCUT2D eigenvalue weighted by Gasteiger charge is 2.18. The minimum atomic E-state index is 0.0651. The zero-order valence-corrected chi connectivity index (χ0v) is 24.5. The molecule has 0 amide bonds. The summed E-state index contributed by atoms with van der Waals surface area (Å²) in [5, 5.41) is 20.6. The summed E-state index contributed by atoms with van der Waals surface area (Å²) < 4.78 is 7.63. The van der Waals surface area contributed by atoms with Crippen molar-refractivity contribution in [3.8, 4) is 40.4 Å². The second kappa shape index (κ2) is 11.7. The number of nitriles is 2. The number of ether oxygens (including phenoxy) is 1. The standard InChI is InChI=1S/C39H27N5O/c1-45-32-16-12-27(13-17-32)29-15-19-37-33(20-29)34(25-44(37)24-26-8-4-2-5-9-26)39-42-35-18-14-30(21-36(35)43-39)38(31(22-40)23-41)28-10-6-3-7-11-28/h2-21,25H,24H2,1H3,(H,42,43). The first-order valence-electron chi connectivity index (χ1n) is 14.6. The average Bonchev–Trinajstić information content (AvgIpc) is 3.68. The molecule has 0 aliphatic carbocycles. The Bertz CT molecular complexity index is 2260. The summed E-state index contributed by atoms with van der Waals surface area (Å²) >= 11 is 0. The van der Waals surface area contributed by atoms with Crippen LogP contribution in [0.4, 0.5) is 0 Å². The predicted molar refractivity (Wildman–Crippen MR) is 178 cm³/mol. The normalized spacial score (nSPS) is 10.8. The van der Waals surface area contributed by atoms with E-state index in [1.807, 2.05) is 66.7 Å². The third kappa shape index (κ3) is 5.22. The van der Waals surface area contributed by atoms with Gasteiger partial charge in [-0.1, -0.05) is 84.9 Å². The minimum Gasteiger partial charge on any atom is -0.497 e. The van der Waals surface area contributed by atoms with Gasteiger partial charge in [-0.3, -0.25) is 0 Å². The third-order valence-electron chi connectivity index (χ3n) is 8.06. The van der Waals surface area contributed by atoms with Gasteiger partial charge in [0.1, 0.15) is 29.3 Å². The fraction of sp³-hybridized carbons (Fsp3) is 0.0513. The molecule has 0 aliphatic rings. The molecule has 0 unspecified atom stereocenters. The van der Waals surface area contributed by atoms with Crippen molar-refractivity contribution in [2.75, 3.05) is 7.11 Å². The van der Waals surface area contributed by atoms with Gasteiger partial charge in [-0.25, -0.2) is 4.98 Å². The molecule has 0 saturated heterocycles. The Morgan fingerprint density at radius 2 is 1.49 bits per heavy atom. The van der Waals surface area contributed by atoms with Gasteiger partial charge in [-0.15, -0.1) is 0 Å². The van der Waals surface area contributed by atoms with E-state index < -0.39 is 0 Å². The fourth-order valence-electron chi connectivity index (χ4n) is 5.85. The second-order valence-electron chi connectivity index (χ2n) is 10.8. The van der Waals surface area contributed by atoms with E-state index in [0.717, 1.165) is 67.9 Å². The van der Waals surface area contributed by atoms with Crippen molar-refractivity contribution in [3.05, 3.63) is 150 Å². The van der Waals surface area contributed by atoms with Crippen LogP contribution in [0.2, 0.25) is 0 Å². The van der Waals surface area contributed by atoms with Gasteiger partial charge in [0, 0.05) is 34.8 Å². The van der Waals surface area contributed by atoms with E-state index in [1.165, 1.54) is 5.56 Å². The molecule has 7 rings (SSSR count).